The molecule has 2 aromatic carbocycles. The summed E-state index contributed by atoms with van der Waals surface area (Å²) in [6.45, 7) is 1.92. The molecule has 0 saturated heterocycles. The van der Waals surface area contributed by atoms with Crippen molar-refractivity contribution in [2.75, 3.05) is 11.1 Å². The van der Waals surface area contributed by atoms with E-state index in [0.29, 0.717) is 10.8 Å². The molecule has 10 heteroatoms. The van der Waals surface area contributed by atoms with Gasteiger partial charge in [0.1, 0.15) is 17.4 Å². The van der Waals surface area contributed by atoms with Crippen LogP contribution in [0.2, 0.25) is 5.02 Å². The fourth-order valence-corrected chi connectivity index (χ4v) is 4.60. The summed E-state index contributed by atoms with van der Waals surface area (Å²) in [5, 5.41) is 6.65. The average Bonchev–Trinajstić information content (AvgIpc) is 3.25. The number of amides is 1. The van der Waals surface area contributed by atoms with Crippen LogP contribution in [-0.4, -0.2) is 25.9 Å². The van der Waals surface area contributed by atoms with Gasteiger partial charge in [0.2, 0.25) is 0 Å². The van der Waals surface area contributed by atoms with Crippen LogP contribution in [-0.2, 0) is 22.5 Å². The first-order valence-electron chi connectivity index (χ1n) is 9.14. The van der Waals surface area contributed by atoms with Crippen molar-refractivity contribution < 1.29 is 22.7 Å². The highest BCUT2D eigenvalue weighted by atomic mass is 35.5. The Morgan fingerprint density at radius 2 is 2.10 bits per heavy atom. The van der Waals surface area contributed by atoms with Crippen LogP contribution in [0.1, 0.15) is 11.3 Å². The van der Waals surface area contributed by atoms with E-state index in [9.17, 15) is 18.1 Å². The Kier molecular flexibility index (Phi) is 5.99. The quantitative estimate of drug-likeness (QED) is 0.421. The summed E-state index contributed by atoms with van der Waals surface area (Å²) >= 11 is 4.13. The number of hydrogen-bond donors (Lipinski definition) is 1. The molecule has 0 aliphatic rings. The van der Waals surface area contributed by atoms with E-state index >= 15 is 0 Å². The molecule has 0 fully saturated rings. The summed E-state index contributed by atoms with van der Waals surface area (Å²) in [5.41, 5.74) is 1.03. The molecule has 160 valence electrons. The lowest BCUT2D eigenvalue weighted by molar-refractivity contribution is -0.113. The van der Waals surface area contributed by atoms with Crippen LogP contribution >= 0.6 is 11.6 Å². The summed E-state index contributed by atoms with van der Waals surface area (Å²) in [5.74, 6) is -1.92. The molecule has 0 aliphatic carbocycles. The van der Waals surface area contributed by atoms with Crippen molar-refractivity contribution in [3.05, 3.63) is 76.6 Å². The molecule has 2 heterocycles. The minimum Gasteiger partial charge on any atom is -0.611 e. The normalized spacial score (nSPS) is 12.3. The number of carbonyl (C=O) groups is 1. The Labute approximate surface area is 184 Å². The molecule has 0 radical (unpaired) electrons. The van der Waals surface area contributed by atoms with Crippen molar-refractivity contribution >= 4 is 45.4 Å². The number of hydrogen-bond acceptors (Lipinski definition) is 4. The van der Waals surface area contributed by atoms with Gasteiger partial charge < -0.3 is 19.0 Å². The van der Waals surface area contributed by atoms with Crippen molar-refractivity contribution in [1.82, 2.24) is 9.72 Å². The van der Waals surface area contributed by atoms with Crippen LogP contribution in [0.3, 0.4) is 0 Å². The lowest BCUT2D eigenvalue weighted by Crippen LogP contribution is -2.23. The van der Waals surface area contributed by atoms with Crippen LogP contribution < -0.4 is 5.32 Å². The molecule has 1 atom stereocenters. The smallest absolute Gasteiger partial charge is 0.276 e. The molecule has 1 unspecified atom stereocenters. The second kappa shape index (κ2) is 8.70. The third-order valence-corrected chi connectivity index (χ3v) is 6.07. The zero-order chi connectivity index (χ0) is 22.1. The molecule has 1 N–H and O–H groups in total. The monoisotopic (exact) mass is 463 g/mol. The second-order valence-electron chi connectivity index (χ2n) is 6.89. The number of fused-ring (bicyclic) bond motifs is 1. The Morgan fingerprint density at radius 1 is 1.29 bits per heavy atom. The molecule has 6 nitrogen and oxygen atoms in total. The number of halogens is 3. The van der Waals surface area contributed by atoms with E-state index in [1.807, 2.05) is 6.07 Å². The molecule has 1 amide bonds. The minimum absolute atomic E-state index is 0.00634. The summed E-state index contributed by atoms with van der Waals surface area (Å²) in [6, 6.07) is 10.4. The average molecular weight is 464 g/mol. The fraction of sp³-hybridized carbons (Fsp3) is 0.143. The first-order valence-corrected chi connectivity index (χ1v) is 10.8. The van der Waals surface area contributed by atoms with Gasteiger partial charge in [0.25, 0.3) is 5.91 Å². The van der Waals surface area contributed by atoms with Crippen molar-refractivity contribution in [2.45, 2.75) is 18.4 Å². The standard InChI is InChI=1S/C21H16ClF2N3O3S/c1-12-5-19(26-30-12)25-20(28)11-31(29)18-10-27(9-13-3-2-4-14(22)6-13)17-8-15(23)7-16(24)21(17)18/h2-8,10H,9,11H2,1H3,(H,25,26,28). The number of rotatable bonds is 6. The van der Waals surface area contributed by atoms with Gasteiger partial charge in [-0.25, -0.2) is 8.78 Å². The second-order valence-corrected chi connectivity index (χ2v) is 8.75. The molecule has 4 aromatic rings. The van der Waals surface area contributed by atoms with Crippen LogP contribution in [0.4, 0.5) is 14.6 Å². The predicted octanol–water partition coefficient (Wildman–Crippen LogP) is 4.66. The molecular formula is C21H16ClF2N3O3S. The van der Waals surface area contributed by atoms with E-state index in [1.165, 1.54) is 18.3 Å². The van der Waals surface area contributed by atoms with E-state index in [2.05, 4.69) is 10.5 Å². The maximum absolute atomic E-state index is 14.6. The zero-order valence-electron chi connectivity index (χ0n) is 16.2. The molecule has 0 bridgehead atoms. The van der Waals surface area contributed by atoms with E-state index in [-0.39, 0.29) is 28.2 Å². The number of nitrogens with one attached hydrogen (secondary N) is 1. The van der Waals surface area contributed by atoms with Crippen molar-refractivity contribution in [3.8, 4) is 0 Å². The largest absolute Gasteiger partial charge is 0.611 e. The summed E-state index contributed by atoms with van der Waals surface area (Å²) < 4.78 is 47.9. The van der Waals surface area contributed by atoms with E-state index < -0.39 is 34.5 Å². The highest BCUT2D eigenvalue weighted by Gasteiger charge is 2.26. The highest BCUT2D eigenvalue weighted by Crippen LogP contribution is 2.31. The first-order chi connectivity index (χ1) is 14.8. The van der Waals surface area contributed by atoms with Crippen molar-refractivity contribution in [3.63, 3.8) is 0 Å². The van der Waals surface area contributed by atoms with E-state index in [1.54, 1.807) is 29.7 Å². The molecular weight excluding hydrogens is 448 g/mol. The summed E-state index contributed by atoms with van der Waals surface area (Å²) in [7, 11) is 0. The van der Waals surface area contributed by atoms with Crippen molar-refractivity contribution in [1.29, 1.82) is 0 Å². The maximum atomic E-state index is 14.6. The van der Waals surface area contributed by atoms with Gasteiger partial charge in [0.15, 0.2) is 16.5 Å². The fourth-order valence-electron chi connectivity index (χ4n) is 3.24. The molecule has 0 saturated carbocycles. The molecule has 31 heavy (non-hydrogen) atoms. The lowest BCUT2D eigenvalue weighted by Gasteiger charge is -2.09. The molecule has 0 spiro atoms. The summed E-state index contributed by atoms with van der Waals surface area (Å²) in [6.07, 6.45) is 1.47. The van der Waals surface area contributed by atoms with Crippen LogP contribution in [0.5, 0.6) is 0 Å². The Morgan fingerprint density at radius 3 is 2.81 bits per heavy atom. The number of carbonyl (C=O) groups excluding carboxylic acids is 1. The van der Waals surface area contributed by atoms with Gasteiger partial charge in [0.05, 0.1) is 17.1 Å². The number of nitrogens with zero attached hydrogens (tertiary/aromatic N) is 2. The number of aromatic nitrogens is 2. The zero-order valence-corrected chi connectivity index (χ0v) is 17.8. The molecule has 4 rings (SSSR count). The topological polar surface area (TPSA) is 83.1 Å². The van der Waals surface area contributed by atoms with Gasteiger partial charge >= 0.3 is 0 Å². The minimum atomic E-state index is -1.89. The predicted molar refractivity (Wildman–Crippen MR) is 114 cm³/mol. The van der Waals surface area contributed by atoms with Gasteiger partial charge in [-0.1, -0.05) is 28.9 Å². The van der Waals surface area contributed by atoms with Gasteiger partial charge in [-0.15, -0.1) is 0 Å². The number of aryl methyl sites for hydroxylation is 1. The summed E-state index contributed by atoms with van der Waals surface area (Å²) in [4.78, 5) is 12.4. The number of benzene rings is 2. The van der Waals surface area contributed by atoms with Gasteiger partial charge in [-0.2, -0.15) is 0 Å². The van der Waals surface area contributed by atoms with E-state index in [4.69, 9.17) is 16.1 Å². The lowest BCUT2D eigenvalue weighted by atomic mass is 10.2. The van der Waals surface area contributed by atoms with Crippen LogP contribution in [0.25, 0.3) is 10.9 Å². The first kappa shape index (κ1) is 21.4. The Hall–Kier alpha value is -2.88. The Balaban J connectivity index is 1.65. The van der Waals surface area contributed by atoms with Gasteiger partial charge in [-0.05, 0) is 41.9 Å². The third-order valence-electron chi connectivity index (χ3n) is 4.51. The maximum Gasteiger partial charge on any atom is 0.276 e. The molecule has 0 aliphatic heterocycles. The van der Waals surface area contributed by atoms with Crippen LogP contribution in [0.15, 0.2) is 58.1 Å². The SMILES string of the molecule is Cc1cc(NC(=O)C[S+]([O-])c2cn(Cc3cccc(Cl)c3)c3cc(F)cc(F)c23)no1. The Bertz CT molecular complexity index is 1270. The van der Waals surface area contributed by atoms with Gasteiger partial charge in [0, 0.05) is 23.7 Å². The molecule has 2 aromatic heterocycles. The van der Waals surface area contributed by atoms with Gasteiger partial charge in [-0.3, -0.25) is 4.79 Å². The van der Waals surface area contributed by atoms with Crippen molar-refractivity contribution in [2.24, 2.45) is 0 Å². The van der Waals surface area contributed by atoms with Crippen LogP contribution in [0, 0.1) is 18.6 Å². The number of anilines is 1. The highest BCUT2D eigenvalue weighted by molar-refractivity contribution is 7.92. The third kappa shape index (κ3) is 4.73. The van der Waals surface area contributed by atoms with E-state index in [0.717, 1.165) is 11.6 Å².